The summed E-state index contributed by atoms with van der Waals surface area (Å²) in [4.78, 5) is 26.1. The van der Waals surface area contributed by atoms with Crippen molar-refractivity contribution in [3.05, 3.63) is 49.5 Å². The summed E-state index contributed by atoms with van der Waals surface area (Å²) in [6.07, 6.45) is 3.87. The molecule has 0 aromatic carbocycles. The Morgan fingerprint density at radius 1 is 1.57 bits per heavy atom. The van der Waals surface area contributed by atoms with Crippen LogP contribution >= 0.6 is 31.9 Å². The number of nitrogens with one attached hydrogen (secondary N) is 1. The largest absolute Gasteiger partial charge is 0.373 e. The number of pyridine rings is 1. The summed E-state index contributed by atoms with van der Waals surface area (Å²) in [6, 6.07) is 1.74. The van der Waals surface area contributed by atoms with E-state index >= 15 is 0 Å². The van der Waals surface area contributed by atoms with Crippen molar-refractivity contribution < 1.29 is 14.5 Å². The highest BCUT2D eigenvalue weighted by Gasteiger charge is 2.15. The molecule has 0 bridgehead atoms. The lowest BCUT2D eigenvalue weighted by Crippen LogP contribution is -2.29. The molecule has 2 heterocycles. The smallest absolute Gasteiger partial charge is 0.332 e. The van der Waals surface area contributed by atoms with Crippen molar-refractivity contribution in [2.75, 3.05) is 5.32 Å². The zero-order chi connectivity index (χ0) is 15.4. The molecule has 110 valence electrons. The van der Waals surface area contributed by atoms with Gasteiger partial charge in [0.05, 0.1) is 4.47 Å². The lowest BCUT2D eigenvalue weighted by atomic mass is 10.4. The number of halogens is 2. The van der Waals surface area contributed by atoms with Crippen molar-refractivity contribution in [2.45, 2.75) is 6.54 Å². The minimum Gasteiger partial charge on any atom is -0.373 e. The molecule has 0 unspecified atom stereocenters. The molecule has 2 aromatic rings. The zero-order valence-electron chi connectivity index (χ0n) is 10.2. The molecular formula is C9H7Br2N7O3. The average molecular weight is 421 g/mol. The molecule has 2 aromatic heterocycles. The van der Waals surface area contributed by atoms with Gasteiger partial charge in [0.25, 0.3) is 12.2 Å². The fourth-order valence-corrected chi connectivity index (χ4v) is 2.44. The fraction of sp³-hybridized carbons (Fsp3) is 0.111. The Labute approximate surface area is 134 Å². The number of anilines is 1. The van der Waals surface area contributed by atoms with Gasteiger partial charge < -0.3 is 15.4 Å². The van der Waals surface area contributed by atoms with Crippen LogP contribution in [0.15, 0.2) is 33.9 Å². The van der Waals surface area contributed by atoms with Crippen LogP contribution in [0.3, 0.4) is 0 Å². The number of carbonyl (C=O) groups excluding carboxylic acids is 1. The van der Waals surface area contributed by atoms with Gasteiger partial charge >= 0.3 is 6.33 Å². The first-order chi connectivity index (χ1) is 9.94. The van der Waals surface area contributed by atoms with Crippen LogP contribution in [0.25, 0.3) is 5.53 Å². The molecule has 10 nitrogen and oxygen atoms in total. The van der Waals surface area contributed by atoms with Crippen molar-refractivity contribution in [3.8, 4) is 0 Å². The first-order valence-corrected chi connectivity index (χ1v) is 6.93. The monoisotopic (exact) mass is 419 g/mol. The van der Waals surface area contributed by atoms with E-state index < -0.39 is 5.03 Å². The van der Waals surface area contributed by atoms with E-state index in [1.54, 1.807) is 6.07 Å². The molecule has 0 aliphatic carbocycles. The molecule has 21 heavy (non-hydrogen) atoms. The molecule has 1 amide bonds. The van der Waals surface area contributed by atoms with Gasteiger partial charge in [0.2, 0.25) is 6.54 Å². The van der Waals surface area contributed by atoms with E-state index in [4.69, 9.17) is 0 Å². The maximum atomic E-state index is 11.8. The second-order valence-corrected chi connectivity index (χ2v) is 5.45. The zero-order valence-corrected chi connectivity index (χ0v) is 13.4. The number of amides is 1. The lowest BCUT2D eigenvalue weighted by Gasteiger charge is -2.07. The molecule has 0 radical (unpaired) electrons. The molecule has 2 rings (SSSR count). The summed E-state index contributed by atoms with van der Waals surface area (Å²) in [7, 11) is 0. The quantitative estimate of drug-likeness (QED) is 0.440. The van der Waals surface area contributed by atoms with Gasteiger partial charge in [0, 0.05) is 10.7 Å². The van der Waals surface area contributed by atoms with Crippen LogP contribution in [0.2, 0.25) is 0 Å². The number of rotatable bonds is 5. The number of carbonyl (C=O) groups is 1. The van der Waals surface area contributed by atoms with Gasteiger partial charge in [-0.2, -0.15) is 0 Å². The van der Waals surface area contributed by atoms with Crippen molar-refractivity contribution >= 4 is 43.6 Å². The van der Waals surface area contributed by atoms with Crippen LogP contribution < -0.4 is 9.99 Å². The summed E-state index contributed by atoms with van der Waals surface area (Å²) >= 11 is 6.52. The molecule has 0 atom stereocenters. The molecule has 0 saturated carbocycles. The first kappa shape index (κ1) is 15.3. The number of aromatic nitrogens is 4. The van der Waals surface area contributed by atoms with Gasteiger partial charge in [0.15, 0.2) is 0 Å². The van der Waals surface area contributed by atoms with Crippen LogP contribution in [-0.4, -0.2) is 25.7 Å². The molecule has 12 heteroatoms. The highest BCUT2D eigenvalue weighted by atomic mass is 79.9. The maximum Gasteiger partial charge on any atom is 0.332 e. The van der Waals surface area contributed by atoms with E-state index in [1.807, 2.05) is 0 Å². The molecule has 0 aliphatic rings. The normalized spacial score (nSPS) is 10.2. The van der Waals surface area contributed by atoms with Crippen LogP contribution in [0.5, 0.6) is 0 Å². The number of hydrogen-bond acceptors (Lipinski definition) is 5. The van der Waals surface area contributed by atoms with Crippen molar-refractivity contribution in [1.82, 2.24) is 14.8 Å². The summed E-state index contributed by atoms with van der Waals surface area (Å²) in [5, 5.41) is 15.7. The van der Waals surface area contributed by atoms with Gasteiger partial charge in [-0.05, 0) is 42.6 Å². The number of nitro groups is 1. The second kappa shape index (κ2) is 6.58. The maximum absolute atomic E-state index is 11.8. The lowest BCUT2D eigenvalue weighted by molar-refractivity contribution is -0.738. The molecule has 0 aliphatic heterocycles. The minimum absolute atomic E-state index is 0.135. The van der Waals surface area contributed by atoms with Gasteiger partial charge in [-0.15, -0.1) is 5.03 Å². The van der Waals surface area contributed by atoms with Crippen LogP contribution in [-0.2, 0) is 11.3 Å². The number of nitrogens with zero attached hydrogens (tertiary/aromatic N) is 6. The molecule has 0 saturated heterocycles. The van der Waals surface area contributed by atoms with E-state index in [9.17, 15) is 14.9 Å². The van der Waals surface area contributed by atoms with E-state index in [-0.39, 0.29) is 12.5 Å². The second-order valence-electron chi connectivity index (χ2n) is 3.68. The van der Waals surface area contributed by atoms with Gasteiger partial charge in [-0.1, -0.05) is 0 Å². The third-order valence-electron chi connectivity index (χ3n) is 2.12. The number of hydrogen-bond donors (Lipinski definition) is 1. The SMILES string of the molecule is O=C(Cn1c[n+]([N-][N+](=O)[O-])cn1)Nc1ncc(Br)cc1Br. The summed E-state index contributed by atoms with van der Waals surface area (Å²) in [6.45, 7) is -0.135. The first-order valence-electron chi connectivity index (χ1n) is 5.35. The Kier molecular flexibility index (Phi) is 4.80. The summed E-state index contributed by atoms with van der Waals surface area (Å²) in [5.41, 5.74) is 2.99. The molecule has 1 N–H and O–H groups in total. The van der Waals surface area contributed by atoms with Crippen molar-refractivity contribution in [1.29, 1.82) is 0 Å². The van der Waals surface area contributed by atoms with E-state index in [1.165, 1.54) is 17.2 Å². The van der Waals surface area contributed by atoms with E-state index in [2.05, 4.69) is 52.8 Å². The van der Waals surface area contributed by atoms with Crippen molar-refractivity contribution in [3.63, 3.8) is 0 Å². The topological polar surface area (TPSA) is 121 Å². The summed E-state index contributed by atoms with van der Waals surface area (Å²) in [5.74, 6) is -0.0277. The van der Waals surface area contributed by atoms with Crippen LogP contribution in [0.4, 0.5) is 5.82 Å². The van der Waals surface area contributed by atoms with Crippen LogP contribution in [0.1, 0.15) is 0 Å². The van der Waals surface area contributed by atoms with Gasteiger partial charge in [-0.25, -0.2) is 9.66 Å². The highest BCUT2D eigenvalue weighted by molar-refractivity contribution is 9.11. The fourth-order valence-electron chi connectivity index (χ4n) is 1.35. The molecule has 0 fully saturated rings. The van der Waals surface area contributed by atoms with Gasteiger partial charge in [0.1, 0.15) is 10.9 Å². The van der Waals surface area contributed by atoms with Crippen molar-refractivity contribution in [2.24, 2.45) is 0 Å². The predicted molar refractivity (Wildman–Crippen MR) is 76.4 cm³/mol. The Morgan fingerprint density at radius 3 is 3.00 bits per heavy atom. The van der Waals surface area contributed by atoms with Gasteiger partial charge in [-0.3, -0.25) is 10.3 Å². The highest BCUT2D eigenvalue weighted by Crippen LogP contribution is 2.23. The standard InChI is InChI=1S/C9H7Br2N7O3/c10-6-1-7(11)9(12-2-6)14-8(19)3-16-5-17(4-13-16)15-18(20)21/h1-2,4-5H,3H2,(H,12,14,19). The Bertz CT molecular complexity index is 690. The predicted octanol–water partition coefficient (Wildman–Crippen LogP) is 1.06. The molecular weight excluding hydrogens is 414 g/mol. The Balaban J connectivity index is 1.98. The molecule has 0 spiro atoms. The minimum atomic E-state index is -0.866. The Morgan fingerprint density at radius 2 is 2.33 bits per heavy atom. The van der Waals surface area contributed by atoms with E-state index in [0.717, 1.165) is 15.5 Å². The third kappa shape index (κ3) is 4.46. The van der Waals surface area contributed by atoms with E-state index in [0.29, 0.717) is 10.3 Å². The summed E-state index contributed by atoms with van der Waals surface area (Å²) < 4.78 is 3.47. The van der Waals surface area contributed by atoms with Crippen LogP contribution in [0, 0.1) is 10.1 Å². The average Bonchev–Trinajstić information content (AvgIpc) is 2.79. The Hall–Kier alpha value is -2.08. The third-order valence-corrected chi connectivity index (χ3v) is 3.16.